The van der Waals surface area contributed by atoms with Crippen LogP contribution in [0.4, 0.5) is 0 Å². The summed E-state index contributed by atoms with van der Waals surface area (Å²) >= 11 is 0. The fraction of sp³-hybridized carbons (Fsp3) is 1.00. The van der Waals surface area contributed by atoms with Crippen molar-refractivity contribution >= 4 is 18.1 Å². The second-order valence-corrected chi connectivity index (χ2v) is 9.23. The molecule has 0 aliphatic heterocycles. The maximum absolute atomic E-state index is 9.68. The molecule has 0 aliphatic rings. The van der Waals surface area contributed by atoms with Crippen LogP contribution in [0.15, 0.2) is 0 Å². The van der Waals surface area contributed by atoms with E-state index in [1.807, 2.05) is 20.4 Å². The van der Waals surface area contributed by atoms with E-state index >= 15 is 0 Å². The van der Waals surface area contributed by atoms with Gasteiger partial charge in [-0.25, -0.2) is 0 Å². The summed E-state index contributed by atoms with van der Waals surface area (Å²) in [5.74, 6) is 0. The van der Waals surface area contributed by atoms with Crippen LogP contribution in [0.3, 0.4) is 0 Å². The van der Waals surface area contributed by atoms with Gasteiger partial charge in [0.25, 0.3) is 0 Å². The average molecular weight is 248 g/mol. The normalized spacial score (nSPS) is 19.6. The first-order valence-corrected chi connectivity index (χ1v) is 9.91. The number of rotatable bonds is 8. The Hall–Kier alpha value is 0.314. The van der Waals surface area contributed by atoms with Crippen LogP contribution in [0.5, 0.6) is 0 Å². The highest BCUT2D eigenvalue weighted by Crippen LogP contribution is 2.23. The Bertz CT molecular complexity index is 155. The van der Waals surface area contributed by atoms with E-state index in [1.165, 1.54) is 0 Å². The van der Waals surface area contributed by atoms with E-state index in [0.717, 1.165) is 24.9 Å². The molecule has 2 atom stereocenters. The van der Waals surface area contributed by atoms with Crippen molar-refractivity contribution in [3.8, 4) is 0 Å². The molecule has 2 unspecified atom stereocenters. The van der Waals surface area contributed by atoms with Crippen molar-refractivity contribution in [2.24, 2.45) is 0 Å². The number of hydrogen-bond donors (Lipinski definition) is 2. The fourth-order valence-corrected chi connectivity index (χ4v) is 7.07. The third kappa shape index (κ3) is 6.47. The van der Waals surface area contributed by atoms with Gasteiger partial charge in [0, 0.05) is 0 Å². The molecule has 0 spiro atoms. The minimum absolute atomic E-state index is 0.276. The van der Waals surface area contributed by atoms with Gasteiger partial charge in [-0.1, -0.05) is 13.8 Å². The van der Waals surface area contributed by atoms with Crippen LogP contribution in [-0.2, 0) is 4.12 Å². The van der Waals surface area contributed by atoms with Crippen molar-refractivity contribution in [2.45, 2.75) is 64.1 Å². The summed E-state index contributed by atoms with van der Waals surface area (Å²) in [4.78, 5) is 0. The van der Waals surface area contributed by atoms with Gasteiger partial charge in [0.05, 0.1) is 12.2 Å². The van der Waals surface area contributed by atoms with Crippen LogP contribution in [0.2, 0.25) is 25.2 Å². The van der Waals surface area contributed by atoms with Crippen LogP contribution in [-0.4, -0.2) is 40.5 Å². The average Bonchev–Trinajstić information content (AvgIpc) is 2.17. The molecule has 2 N–H and O–H groups in total. The van der Waals surface area contributed by atoms with Gasteiger partial charge in [0.15, 0.2) is 8.32 Å². The van der Waals surface area contributed by atoms with Gasteiger partial charge < -0.3 is 14.3 Å². The fourth-order valence-electron chi connectivity index (χ4n) is 1.70. The number of aliphatic hydroxyl groups excluding tert-OH is 2. The molecule has 0 aromatic rings. The Kier molecular flexibility index (Phi) is 7.72. The quantitative estimate of drug-likeness (QED) is 0.644. The zero-order valence-corrected chi connectivity index (χ0v) is 12.3. The van der Waals surface area contributed by atoms with E-state index in [2.05, 4.69) is 6.55 Å². The molecular weight excluding hydrogens is 224 g/mol. The minimum atomic E-state index is -1.91. The predicted molar refractivity (Wildman–Crippen MR) is 66.5 cm³/mol. The molecule has 0 saturated heterocycles. The Labute approximate surface area is 96.9 Å². The molecule has 0 amide bonds. The van der Waals surface area contributed by atoms with Gasteiger partial charge in [-0.2, -0.15) is 0 Å². The highest BCUT2D eigenvalue weighted by molar-refractivity contribution is 6.76. The first kappa shape index (κ1) is 15.3. The summed E-state index contributed by atoms with van der Waals surface area (Å²) in [6.07, 6.45) is 0.978. The standard InChI is InChI=1S/C10H24O3Si2/c1-5-9(11)7-15(4,13-14-3)8-10(12)6-2/h9-12H,5-8H2,1-4H3. The lowest BCUT2D eigenvalue weighted by molar-refractivity contribution is 0.173. The molecule has 0 aromatic heterocycles. The summed E-state index contributed by atoms with van der Waals surface area (Å²) in [5, 5.41) is 19.4. The summed E-state index contributed by atoms with van der Waals surface area (Å²) in [6, 6.07) is 1.48. The first-order valence-electron chi connectivity index (χ1n) is 5.68. The zero-order chi connectivity index (χ0) is 11.9. The van der Waals surface area contributed by atoms with Gasteiger partial charge >= 0.3 is 0 Å². The molecule has 0 aliphatic carbocycles. The van der Waals surface area contributed by atoms with Crippen molar-refractivity contribution in [1.82, 2.24) is 0 Å². The molecule has 0 aromatic carbocycles. The largest absolute Gasteiger partial charge is 0.456 e. The molecule has 2 radical (unpaired) electrons. The lowest BCUT2D eigenvalue weighted by Crippen LogP contribution is -2.41. The van der Waals surface area contributed by atoms with E-state index in [1.54, 1.807) is 0 Å². The molecule has 0 saturated carbocycles. The molecule has 0 fully saturated rings. The SMILES string of the molecule is CCC(O)C[Si](C)(CC(O)CC)O[Si]C. The van der Waals surface area contributed by atoms with Crippen molar-refractivity contribution in [3.63, 3.8) is 0 Å². The van der Waals surface area contributed by atoms with Gasteiger partial charge in [-0.15, -0.1) is 0 Å². The summed E-state index contributed by atoms with van der Waals surface area (Å²) in [6.45, 7) is 8.07. The monoisotopic (exact) mass is 248 g/mol. The Morgan fingerprint density at radius 3 is 1.80 bits per heavy atom. The number of hydrogen-bond acceptors (Lipinski definition) is 3. The van der Waals surface area contributed by atoms with E-state index in [-0.39, 0.29) is 12.2 Å². The molecule has 3 nitrogen and oxygen atoms in total. The van der Waals surface area contributed by atoms with Crippen molar-refractivity contribution in [1.29, 1.82) is 0 Å². The summed E-state index contributed by atoms with van der Waals surface area (Å²) in [7, 11) is -1.45. The lowest BCUT2D eigenvalue weighted by atomic mass is 10.3. The first-order chi connectivity index (χ1) is 6.97. The molecule has 0 rings (SSSR count). The van der Waals surface area contributed by atoms with Crippen LogP contribution in [0, 0.1) is 0 Å². The van der Waals surface area contributed by atoms with Crippen LogP contribution < -0.4 is 0 Å². The maximum atomic E-state index is 9.68. The number of aliphatic hydroxyl groups is 2. The van der Waals surface area contributed by atoms with Crippen molar-refractivity contribution < 1.29 is 14.3 Å². The molecule has 0 heterocycles. The predicted octanol–water partition coefficient (Wildman–Crippen LogP) is 1.79. The minimum Gasteiger partial charge on any atom is -0.456 e. The molecule has 15 heavy (non-hydrogen) atoms. The van der Waals surface area contributed by atoms with E-state index < -0.39 is 8.32 Å². The molecule has 5 heteroatoms. The van der Waals surface area contributed by atoms with Gasteiger partial charge in [0.2, 0.25) is 9.76 Å². The van der Waals surface area contributed by atoms with E-state index in [0.29, 0.717) is 9.76 Å². The van der Waals surface area contributed by atoms with Crippen LogP contribution in [0.1, 0.15) is 26.7 Å². The molecular formula is C10H24O3Si2. The van der Waals surface area contributed by atoms with E-state index in [9.17, 15) is 10.2 Å². The Balaban J connectivity index is 4.29. The smallest absolute Gasteiger partial charge is 0.211 e. The highest BCUT2D eigenvalue weighted by Gasteiger charge is 2.32. The topological polar surface area (TPSA) is 49.7 Å². The van der Waals surface area contributed by atoms with Gasteiger partial charge in [-0.3, -0.25) is 0 Å². The van der Waals surface area contributed by atoms with Crippen molar-refractivity contribution in [2.75, 3.05) is 0 Å². The van der Waals surface area contributed by atoms with Gasteiger partial charge in [0.1, 0.15) is 0 Å². The Morgan fingerprint density at radius 1 is 1.13 bits per heavy atom. The van der Waals surface area contributed by atoms with E-state index in [4.69, 9.17) is 4.12 Å². The molecule has 90 valence electrons. The molecule has 0 bridgehead atoms. The third-order valence-electron chi connectivity index (χ3n) is 2.63. The highest BCUT2D eigenvalue weighted by atomic mass is 28.4. The maximum Gasteiger partial charge on any atom is 0.211 e. The lowest BCUT2D eigenvalue weighted by Gasteiger charge is -2.30. The van der Waals surface area contributed by atoms with Crippen LogP contribution >= 0.6 is 0 Å². The van der Waals surface area contributed by atoms with Gasteiger partial charge in [-0.05, 0) is 38.0 Å². The summed E-state index contributed by atoms with van der Waals surface area (Å²) in [5.41, 5.74) is 0. The second kappa shape index (κ2) is 7.56. The van der Waals surface area contributed by atoms with Crippen LogP contribution in [0.25, 0.3) is 0 Å². The second-order valence-electron chi connectivity index (χ2n) is 4.29. The van der Waals surface area contributed by atoms with Crippen molar-refractivity contribution in [3.05, 3.63) is 0 Å². The Morgan fingerprint density at radius 2 is 1.53 bits per heavy atom. The zero-order valence-electron chi connectivity index (χ0n) is 10.3. The summed E-state index contributed by atoms with van der Waals surface area (Å²) < 4.78 is 5.82. The third-order valence-corrected chi connectivity index (χ3v) is 8.08.